The molecule has 1 aromatic heterocycles. The summed E-state index contributed by atoms with van der Waals surface area (Å²) in [5, 5.41) is 12.3. The number of halogens is 1. The highest BCUT2D eigenvalue weighted by Crippen LogP contribution is 2.23. The van der Waals surface area contributed by atoms with Gasteiger partial charge in [0.05, 0.1) is 18.9 Å². The molecule has 0 radical (unpaired) electrons. The number of nitrogens with zero attached hydrogens (tertiary/aromatic N) is 3. The van der Waals surface area contributed by atoms with Crippen LogP contribution in [0.2, 0.25) is 5.02 Å². The van der Waals surface area contributed by atoms with Crippen LogP contribution in [0, 0.1) is 0 Å². The largest absolute Gasteiger partial charge is 0.497 e. The number of methoxy groups -OCH3 is 1. The lowest BCUT2D eigenvalue weighted by atomic mass is 10.1. The quantitative estimate of drug-likeness (QED) is 0.452. The van der Waals surface area contributed by atoms with Gasteiger partial charge in [-0.25, -0.2) is 4.68 Å². The van der Waals surface area contributed by atoms with E-state index < -0.39 is 0 Å². The predicted octanol–water partition coefficient (Wildman–Crippen LogP) is 3.29. The van der Waals surface area contributed by atoms with Crippen LogP contribution in [0.5, 0.6) is 5.75 Å². The monoisotopic (exact) mass is 417 g/mol. The van der Waals surface area contributed by atoms with E-state index in [4.69, 9.17) is 22.2 Å². The van der Waals surface area contributed by atoms with Crippen molar-refractivity contribution in [3.05, 3.63) is 59.1 Å². The fourth-order valence-electron chi connectivity index (χ4n) is 2.56. The third-order valence-corrected chi connectivity index (χ3v) is 5.29. The molecule has 1 heterocycles. The van der Waals surface area contributed by atoms with Crippen LogP contribution in [0.15, 0.2) is 53.7 Å². The average Bonchev–Trinajstić information content (AvgIpc) is 3.07. The standard InChI is InChI=1S/C19H20ClN5O2S/c1-12(13-3-7-15(20)8-4-13)22-17(26)11-28-19-24-23-18(25(19)21)14-5-9-16(27-2)10-6-14/h3-10,12H,11,21H2,1-2H3,(H,22,26)/t12-/m1/s1. The minimum absolute atomic E-state index is 0.124. The number of aromatic nitrogens is 3. The highest BCUT2D eigenvalue weighted by Gasteiger charge is 2.15. The van der Waals surface area contributed by atoms with Crippen molar-refractivity contribution < 1.29 is 9.53 Å². The van der Waals surface area contributed by atoms with Gasteiger partial charge in [0.1, 0.15) is 5.75 Å². The number of nitrogens with two attached hydrogens (primary N) is 1. The molecule has 0 aliphatic heterocycles. The summed E-state index contributed by atoms with van der Waals surface area (Å²) in [7, 11) is 1.61. The van der Waals surface area contributed by atoms with Crippen LogP contribution in [0.4, 0.5) is 0 Å². The van der Waals surface area contributed by atoms with Crippen molar-refractivity contribution >= 4 is 29.3 Å². The SMILES string of the molecule is COc1ccc(-c2nnc(SCC(=O)N[C@H](C)c3ccc(Cl)cc3)n2N)cc1. The van der Waals surface area contributed by atoms with Gasteiger partial charge in [0.15, 0.2) is 5.82 Å². The van der Waals surface area contributed by atoms with Crippen LogP contribution in [0.3, 0.4) is 0 Å². The molecule has 0 spiro atoms. The molecule has 1 atom stereocenters. The fourth-order valence-corrected chi connectivity index (χ4v) is 3.35. The third kappa shape index (κ3) is 4.76. The number of hydrogen-bond acceptors (Lipinski definition) is 6. The molecule has 0 aliphatic carbocycles. The first-order chi connectivity index (χ1) is 13.5. The number of carbonyl (C=O) groups excluding carboxylic acids is 1. The molecule has 0 fully saturated rings. The molecule has 3 rings (SSSR count). The van der Waals surface area contributed by atoms with Crippen molar-refractivity contribution in [2.45, 2.75) is 18.1 Å². The van der Waals surface area contributed by atoms with Crippen molar-refractivity contribution in [2.75, 3.05) is 18.7 Å². The number of nitrogens with one attached hydrogen (secondary N) is 1. The van der Waals surface area contributed by atoms with E-state index in [-0.39, 0.29) is 17.7 Å². The highest BCUT2D eigenvalue weighted by atomic mass is 35.5. The Labute approximate surface area is 172 Å². The van der Waals surface area contributed by atoms with Gasteiger partial charge in [-0.05, 0) is 48.9 Å². The van der Waals surface area contributed by atoms with Gasteiger partial charge in [-0.3, -0.25) is 4.79 Å². The minimum atomic E-state index is -0.129. The minimum Gasteiger partial charge on any atom is -0.497 e. The Morgan fingerprint density at radius 3 is 2.54 bits per heavy atom. The number of nitrogen functional groups attached to an aromatic ring is 1. The van der Waals surface area contributed by atoms with Gasteiger partial charge in [-0.15, -0.1) is 10.2 Å². The number of rotatable bonds is 7. The maximum atomic E-state index is 12.3. The molecule has 1 amide bonds. The van der Waals surface area contributed by atoms with Gasteiger partial charge in [0, 0.05) is 10.6 Å². The topological polar surface area (TPSA) is 95.1 Å². The Morgan fingerprint density at radius 2 is 1.89 bits per heavy atom. The molecule has 0 saturated heterocycles. The van der Waals surface area contributed by atoms with Crippen LogP contribution in [-0.2, 0) is 4.79 Å². The van der Waals surface area contributed by atoms with Gasteiger partial charge in [0.2, 0.25) is 11.1 Å². The van der Waals surface area contributed by atoms with Gasteiger partial charge < -0.3 is 15.9 Å². The van der Waals surface area contributed by atoms with E-state index in [2.05, 4.69) is 15.5 Å². The summed E-state index contributed by atoms with van der Waals surface area (Å²) < 4.78 is 6.52. The molecule has 3 N–H and O–H groups in total. The Morgan fingerprint density at radius 1 is 1.21 bits per heavy atom. The number of hydrogen-bond donors (Lipinski definition) is 2. The molecule has 0 saturated carbocycles. The Bertz CT molecular complexity index is 944. The van der Waals surface area contributed by atoms with Crippen molar-refractivity contribution in [2.24, 2.45) is 0 Å². The van der Waals surface area contributed by atoms with Crippen LogP contribution >= 0.6 is 23.4 Å². The highest BCUT2D eigenvalue weighted by molar-refractivity contribution is 7.99. The second-order valence-electron chi connectivity index (χ2n) is 6.03. The number of thioether (sulfide) groups is 1. The first kappa shape index (κ1) is 20.0. The lowest BCUT2D eigenvalue weighted by Crippen LogP contribution is -2.28. The normalized spacial score (nSPS) is 11.8. The maximum Gasteiger partial charge on any atom is 0.230 e. The summed E-state index contributed by atoms with van der Waals surface area (Å²) in [5.41, 5.74) is 1.79. The predicted molar refractivity (Wildman–Crippen MR) is 111 cm³/mol. The summed E-state index contributed by atoms with van der Waals surface area (Å²) in [4.78, 5) is 12.3. The number of ether oxygens (including phenoxy) is 1. The lowest BCUT2D eigenvalue weighted by molar-refractivity contribution is -0.119. The van der Waals surface area contributed by atoms with Gasteiger partial charge in [0.25, 0.3) is 0 Å². The van der Waals surface area contributed by atoms with Crippen molar-refractivity contribution in [1.29, 1.82) is 0 Å². The van der Waals surface area contributed by atoms with E-state index in [1.54, 1.807) is 19.2 Å². The van der Waals surface area contributed by atoms with Gasteiger partial charge >= 0.3 is 0 Å². The van der Waals surface area contributed by atoms with Crippen molar-refractivity contribution in [3.8, 4) is 17.1 Å². The smallest absolute Gasteiger partial charge is 0.230 e. The van der Waals surface area contributed by atoms with E-state index in [1.165, 1.54) is 16.4 Å². The average molecular weight is 418 g/mol. The lowest BCUT2D eigenvalue weighted by Gasteiger charge is -2.14. The molecule has 2 aromatic carbocycles. The summed E-state index contributed by atoms with van der Waals surface area (Å²) in [6.07, 6.45) is 0. The number of amides is 1. The Kier molecular flexibility index (Phi) is 6.43. The molecule has 3 aromatic rings. The van der Waals surface area contributed by atoms with Crippen molar-refractivity contribution in [3.63, 3.8) is 0 Å². The van der Waals surface area contributed by atoms with Crippen LogP contribution in [0.25, 0.3) is 11.4 Å². The number of carbonyl (C=O) groups is 1. The van der Waals surface area contributed by atoms with Crippen LogP contribution in [-0.4, -0.2) is 33.6 Å². The zero-order chi connectivity index (χ0) is 20.1. The maximum absolute atomic E-state index is 12.3. The Hall–Kier alpha value is -2.71. The third-order valence-electron chi connectivity index (χ3n) is 4.09. The van der Waals surface area contributed by atoms with Gasteiger partial charge in [-0.2, -0.15) is 0 Å². The first-order valence-electron chi connectivity index (χ1n) is 8.50. The second-order valence-corrected chi connectivity index (χ2v) is 7.41. The van der Waals surface area contributed by atoms with E-state index in [1.807, 2.05) is 43.3 Å². The summed E-state index contributed by atoms with van der Waals surface area (Å²) in [5.74, 6) is 7.40. The molecule has 9 heteroatoms. The summed E-state index contributed by atoms with van der Waals surface area (Å²) in [6.45, 7) is 1.92. The fraction of sp³-hybridized carbons (Fsp3) is 0.211. The van der Waals surface area contributed by atoms with Crippen molar-refractivity contribution in [1.82, 2.24) is 20.2 Å². The molecule has 0 unspecified atom stereocenters. The van der Waals surface area contributed by atoms with E-state index >= 15 is 0 Å². The first-order valence-corrected chi connectivity index (χ1v) is 9.87. The number of benzene rings is 2. The van der Waals surface area contributed by atoms with Crippen LogP contribution < -0.4 is 15.9 Å². The van der Waals surface area contributed by atoms with E-state index in [0.717, 1.165) is 16.9 Å². The molecule has 146 valence electrons. The van der Waals surface area contributed by atoms with E-state index in [0.29, 0.717) is 16.0 Å². The Balaban J connectivity index is 1.59. The molecule has 0 aliphatic rings. The molecular weight excluding hydrogens is 398 g/mol. The molecule has 0 bridgehead atoms. The second kappa shape index (κ2) is 8.99. The summed E-state index contributed by atoms with van der Waals surface area (Å²) >= 11 is 7.12. The van der Waals surface area contributed by atoms with Crippen LogP contribution in [0.1, 0.15) is 18.5 Å². The summed E-state index contributed by atoms with van der Waals surface area (Å²) in [6, 6.07) is 14.6. The van der Waals surface area contributed by atoms with Gasteiger partial charge in [-0.1, -0.05) is 35.5 Å². The molecule has 28 heavy (non-hydrogen) atoms. The zero-order valence-electron chi connectivity index (χ0n) is 15.4. The zero-order valence-corrected chi connectivity index (χ0v) is 17.0. The van der Waals surface area contributed by atoms with E-state index in [9.17, 15) is 4.79 Å². The molecular formula is C19H20ClN5O2S. The molecule has 7 nitrogen and oxygen atoms in total.